The van der Waals surface area contributed by atoms with Gasteiger partial charge in [0, 0.05) is 71.5 Å². The Morgan fingerprint density at radius 3 is 2.10 bits per heavy atom. The molecule has 326 valence electrons. The molecule has 9 unspecified atom stereocenters. The number of piperidine rings is 1. The number of Topliss-reactive ketones (excluding diaryl/α,β-unsaturated/α-hetero) is 2. The van der Waals surface area contributed by atoms with Gasteiger partial charge in [-0.1, -0.05) is 71.4 Å². The van der Waals surface area contributed by atoms with E-state index in [0.29, 0.717) is 19.4 Å². The summed E-state index contributed by atoms with van der Waals surface area (Å²) in [5.41, 5.74) is 0.469. The number of carbonyl (C=O) groups is 5. The second kappa shape index (κ2) is 21.9. The van der Waals surface area contributed by atoms with Crippen molar-refractivity contribution in [1.29, 1.82) is 0 Å². The minimum absolute atomic E-state index is 0.0175. The van der Waals surface area contributed by atoms with E-state index in [1.807, 2.05) is 74.9 Å². The van der Waals surface area contributed by atoms with Gasteiger partial charge < -0.3 is 24.2 Å². The SMILES string of the molecule is CCC(C)C(C(CC(=O)N1CCCC1C(OC)C(C)C(=O)CC(Cc1ccccc1)C(=O)N1CCCCC1)OC)N(C)C(=O)C(CC(=O)C1(C)CCCN1C)C(C)C. The third-order valence-electron chi connectivity index (χ3n) is 14.3. The molecule has 1 aromatic carbocycles. The summed E-state index contributed by atoms with van der Waals surface area (Å²) >= 11 is 0. The summed E-state index contributed by atoms with van der Waals surface area (Å²) in [6.07, 6.45) is 6.83. The third kappa shape index (κ3) is 11.4. The van der Waals surface area contributed by atoms with Crippen LogP contribution in [0.15, 0.2) is 30.3 Å². The molecule has 0 saturated carbocycles. The van der Waals surface area contributed by atoms with Gasteiger partial charge in [0.25, 0.3) is 0 Å². The number of ketones is 2. The highest BCUT2D eigenvalue weighted by Crippen LogP contribution is 2.34. The van der Waals surface area contributed by atoms with Crippen molar-refractivity contribution in [3.05, 3.63) is 35.9 Å². The average Bonchev–Trinajstić information content (AvgIpc) is 3.85. The van der Waals surface area contributed by atoms with Crippen molar-refractivity contribution < 1.29 is 33.4 Å². The fourth-order valence-corrected chi connectivity index (χ4v) is 10.0. The second-order valence-corrected chi connectivity index (χ2v) is 18.3. The van der Waals surface area contributed by atoms with Gasteiger partial charge in [0.2, 0.25) is 17.7 Å². The van der Waals surface area contributed by atoms with Crippen molar-refractivity contribution in [3.8, 4) is 0 Å². The quantitative estimate of drug-likeness (QED) is 0.139. The van der Waals surface area contributed by atoms with Crippen LogP contribution in [0, 0.1) is 29.6 Å². The van der Waals surface area contributed by atoms with E-state index in [9.17, 15) is 24.0 Å². The van der Waals surface area contributed by atoms with Gasteiger partial charge in [-0.25, -0.2) is 0 Å². The molecule has 0 N–H and O–H groups in total. The number of nitrogens with zero attached hydrogens (tertiary/aromatic N) is 4. The smallest absolute Gasteiger partial charge is 0.226 e. The Bertz CT molecular complexity index is 1520. The van der Waals surface area contributed by atoms with E-state index in [4.69, 9.17) is 9.47 Å². The predicted molar refractivity (Wildman–Crippen MR) is 228 cm³/mol. The number of likely N-dealkylation sites (tertiary alicyclic amines) is 3. The standard InChI is InChI=1S/C47H76N4O7/c1-11-33(4)43(49(8)46(56)37(32(2)3)30-41(53)47(6)23-19-24-48(47)7)40(57-9)31-42(54)51-27-18-22-38(51)44(58-10)34(5)39(52)29-36(28-35-20-14-12-15-21-35)45(55)50-25-16-13-17-26-50/h12,14-15,20-21,32-34,36-38,40,43-44H,11,13,16-19,22-31H2,1-10H3. The summed E-state index contributed by atoms with van der Waals surface area (Å²) in [6.45, 7) is 14.9. The van der Waals surface area contributed by atoms with E-state index in [1.165, 1.54) is 0 Å². The lowest BCUT2D eigenvalue weighted by Gasteiger charge is -2.41. The fraction of sp³-hybridized carbons (Fsp3) is 0.766. The van der Waals surface area contributed by atoms with Gasteiger partial charge in [-0.2, -0.15) is 0 Å². The number of ether oxygens (including phenoxy) is 2. The summed E-state index contributed by atoms with van der Waals surface area (Å²) in [5.74, 6) is -1.60. The van der Waals surface area contributed by atoms with E-state index in [2.05, 4.69) is 18.7 Å². The zero-order valence-electron chi connectivity index (χ0n) is 37.5. The number of rotatable bonds is 21. The van der Waals surface area contributed by atoms with Crippen molar-refractivity contribution in [1.82, 2.24) is 19.6 Å². The summed E-state index contributed by atoms with van der Waals surface area (Å²) in [6, 6.07) is 9.19. The molecule has 3 amide bonds. The van der Waals surface area contributed by atoms with E-state index in [-0.39, 0.29) is 66.4 Å². The normalized spacial score (nSPS) is 23.9. The molecular formula is C47H76N4O7. The summed E-state index contributed by atoms with van der Waals surface area (Å²) in [7, 11) is 6.99. The van der Waals surface area contributed by atoms with Gasteiger partial charge in [-0.15, -0.1) is 0 Å². The molecular weight excluding hydrogens is 733 g/mol. The molecule has 3 heterocycles. The maximum absolute atomic E-state index is 14.4. The van der Waals surface area contributed by atoms with Crippen molar-refractivity contribution in [3.63, 3.8) is 0 Å². The first-order valence-corrected chi connectivity index (χ1v) is 22.3. The van der Waals surface area contributed by atoms with Crippen LogP contribution < -0.4 is 0 Å². The molecule has 3 fully saturated rings. The van der Waals surface area contributed by atoms with Gasteiger partial charge in [-0.05, 0) is 89.3 Å². The molecule has 3 aliphatic heterocycles. The zero-order chi connectivity index (χ0) is 42.7. The van der Waals surface area contributed by atoms with Crippen LogP contribution in [0.5, 0.6) is 0 Å². The number of likely N-dealkylation sites (N-methyl/N-ethyl adjacent to an activating group) is 2. The zero-order valence-corrected chi connectivity index (χ0v) is 37.5. The van der Waals surface area contributed by atoms with E-state index in [1.54, 1.807) is 26.2 Å². The molecule has 11 nitrogen and oxygen atoms in total. The second-order valence-electron chi connectivity index (χ2n) is 18.3. The maximum atomic E-state index is 14.4. The molecule has 1 aromatic rings. The number of hydrogen-bond acceptors (Lipinski definition) is 8. The molecule has 11 heteroatoms. The third-order valence-corrected chi connectivity index (χ3v) is 14.3. The van der Waals surface area contributed by atoms with Crippen LogP contribution in [0.3, 0.4) is 0 Å². The van der Waals surface area contributed by atoms with Crippen molar-refractivity contribution >= 4 is 29.3 Å². The Labute approximate surface area is 349 Å². The maximum Gasteiger partial charge on any atom is 0.226 e. The van der Waals surface area contributed by atoms with Crippen LogP contribution in [0.2, 0.25) is 0 Å². The van der Waals surface area contributed by atoms with Crippen LogP contribution in [0.4, 0.5) is 0 Å². The Kier molecular flexibility index (Phi) is 18.0. The number of methoxy groups -OCH3 is 2. The predicted octanol–water partition coefficient (Wildman–Crippen LogP) is 6.45. The van der Waals surface area contributed by atoms with Gasteiger partial charge in [0.05, 0.1) is 36.3 Å². The molecule has 0 spiro atoms. The number of hydrogen-bond donors (Lipinski definition) is 0. The number of carbonyl (C=O) groups excluding carboxylic acids is 5. The van der Waals surface area contributed by atoms with E-state index in [0.717, 1.165) is 70.1 Å². The Hall–Kier alpha value is -3.15. The average molecular weight is 809 g/mol. The number of amides is 3. The molecule has 4 rings (SSSR count). The van der Waals surface area contributed by atoms with E-state index < -0.39 is 41.5 Å². The summed E-state index contributed by atoms with van der Waals surface area (Å²) in [5, 5.41) is 0. The first kappa shape index (κ1) is 47.5. The lowest BCUT2D eigenvalue weighted by atomic mass is 9.81. The highest BCUT2D eigenvalue weighted by molar-refractivity contribution is 5.93. The first-order chi connectivity index (χ1) is 27.6. The molecule has 3 aliphatic rings. The topological polar surface area (TPSA) is 117 Å². The minimum atomic E-state index is -0.584. The lowest BCUT2D eigenvalue weighted by molar-refractivity contribution is -0.149. The van der Waals surface area contributed by atoms with Gasteiger partial charge >= 0.3 is 0 Å². The molecule has 0 aromatic heterocycles. The largest absolute Gasteiger partial charge is 0.379 e. The molecule has 0 radical (unpaired) electrons. The molecule has 58 heavy (non-hydrogen) atoms. The highest BCUT2D eigenvalue weighted by Gasteiger charge is 2.45. The van der Waals surface area contributed by atoms with Gasteiger partial charge in [-0.3, -0.25) is 28.9 Å². The first-order valence-electron chi connectivity index (χ1n) is 22.3. The van der Waals surface area contributed by atoms with E-state index >= 15 is 0 Å². The van der Waals surface area contributed by atoms with Gasteiger partial charge in [0.1, 0.15) is 5.78 Å². The Morgan fingerprint density at radius 1 is 0.862 bits per heavy atom. The van der Waals surface area contributed by atoms with Gasteiger partial charge in [0.15, 0.2) is 5.78 Å². The van der Waals surface area contributed by atoms with Crippen LogP contribution in [0.1, 0.15) is 118 Å². The van der Waals surface area contributed by atoms with Crippen molar-refractivity contribution in [2.45, 2.75) is 148 Å². The number of benzene rings is 1. The Morgan fingerprint density at radius 2 is 1.53 bits per heavy atom. The molecule has 0 bridgehead atoms. The minimum Gasteiger partial charge on any atom is -0.379 e. The highest BCUT2D eigenvalue weighted by atomic mass is 16.5. The van der Waals surface area contributed by atoms with Crippen LogP contribution in [-0.2, 0) is 39.9 Å². The van der Waals surface area contributed by atoms with Crippen LogP contribution in [0.25, 0.3) is 0 Å². The Balaban J connectivity index is 1.48. The monoisotopic (exact) mass is 809 g/mol. The summed E-state index contributed by atoms with van der Waals surface area (Å²) < 4.78 is 12.2. The molecule has 9 atom stereocenters. The lowest BCUT2D eigenvalue weighted by Crippen LogP contribution is -2.54. The van der Waals surface area contributed by atoms with Crippen molar-refractivity contribution in [2.24, 2.45) is 29.6 Å². The van der Waals surface area contributed by atoms with Crippen molar-refractivity contribution in [2.75, 3.05) is 54.5 Å². The van der Waals surface area contributed by atoms with Crippen LogP contribution in [-0.4, -0.2) is 133 Å². The summed E-state index contributed by atoms with van der Waals surface area (Å²) in [4.78, 5) is 78.3. The fourth-order valence-electron chi connectivity index (χ4n) is 10.0. The molecule has 0 aliphatic carbocycles. The molecule has 3 saturated heterocycles. The van der Waals surface area contributed by atoms with Crippen LogP contribution >= 0.6 is 0 Å².